The fourth-order valence-electron chi connectivity index (χ4n) is 2.97. The highest BCUT2D eigenvalue weighted by atomic mass is 19.4. The fraction of sp³-hybridized carbons (Fsp3) is 0.625. The van der Waals surface area contributed by atoms with E-state index in [9.17, 15) is 13.2 Å². The van der Waals surface area contributed by atoms with Crippen molar-refractivity contribution in [2.24, 2.45) is 5.92 Å². The molecular formula is C16H23F3N2. The Kier molecular flexibility index (Phi) is 5.14. The van der Waals surface area contributed by atoms with Crippen LogP contribution in [-0.4, -0.2) is 32.4 Å². The SMILES string of the molecule is Cc1cc(C)cc(N2CCC(CCNCC(F)(F)F)C2)c1. The first-order valence-electron chi connectivity index (χ1n) is 7.44. The van der Waals surface area contributed by atoms with Crippen LogP contribution in [0, 0.1) is 19.8 Å². The normalized spacial score (nSPS) is 19.3. The molecule has 0 saturated carbocycles. The zero-order valence-corrected chi connectivity index (χ0v) is 12.6. The van der Waals surface area contributed by atoms with E-state index in [-0.39, 0.29) is 0 Å². The number of nitrogens with zero attached hydrogens (tertiary/aromatic N) is 1. The van der Waals surface area contributed by atoms with E-state index in [1.165, 1.54) is 16.8 Å². The highest BCUT2D eigenvalue weighted by Crippen LogP contribution is 2.27. The predicted octanol–water partition coefficient (Wildman–Crippen LogP) is 3.67. The van der Waals surface area contributed by atoms with Crippen LogP contribution in [0.2, 0.25) is 0 Å². The molecule has 1 aromatic carbocycles. The highest BCUT2D eigenvalue weighted by molar-refractivity contribution is 5.51. The Bertz CT molecular complexity index is 451. The summed E-state index contributed by atoms with van der Waals surface area (Å²) in [6, 6.07) is 6.51. The Morgan fingerprint density at radius 2 is 1.86 bits per heavy atom. The van der Waals surface area contributed by atoms with Crippen LogP contribution in [0.5, 0.6) is 0 Å². The monoisotopic (exact) mass is 300 g/mol. The smallest absolute Gasteiger partial charge is 0.371 e. The van der Waals surface area contributed by atoms with E-state index in [4.69, 9.17) is 0 Å². The van der Waals surface area contributed by atoms with Gasteiger partial charge in [-0.15, -0.1) is 0 Å². The first kappa shape index (κ1) is 16.1. The Morgan fingerprint density at radius 1 is 1.19 bits per heavy atom. The van der Waals surface area contributed by atoms with Gasteiger partial charge >= 0.3 is 6.18 Å². The van der Waals surface area contributed by atoms with Crippen molar-refractivity contribution in [3.05, 3.63) is 29.3 Å². The Hall–Kier alpha value is -1.23. The molecule has 1 aliphatic heterocycles. The molecule has 1 saturated heterocycles. The molecule has 2 rings (SSSR count). The first-order chi connectivity index (χ1) is 9.83. The van der Waals surface area contributed by atoms with Gasteiger partial charge in [0, 0.05) is 18.8 Å². The minimum atomic E-state index is -4.11. The molecule has 21 heavy (non-hydrogen) atoms. The minimum Gasteiger partial charge on any atom is -0.371 e. The van der Waals surface area contributed by atoms with E-state index >= 15 is 0 Å². The molecule has 1 unspecified atom stereocenters. The molecule has 0 spiro atoms. The van der Waals surface area contributed by atoms with Gasteiger partial charge in [0.1, 0.15) is 0 Å². The second-order valence-electron chi connectivity index (χ2n) is 6.03. The summed E-state index contributed by atoms with van der Waals surface area (Å²) in [7, 11) is 0. The molecule has 1 fully saturated rings. The van der Waals surface area contributed by atoms with Gasteiger partial charge in [-0.25, -0.2) is 0 Å². The molecule has 1 heterocycles. The lowest BCUT2D eigenvalue weighted by Crippen LogP contribution is -2.30. The Labute approximate surface area is 124 Å². The van der Waals surface area contributed by atoms with Crippen LogP contribution >= 0.6 is 0 Å². The third-order valence-electron chi connectivity index (χ3n) is 3.91. The van der Waals surface area contributed by atoms with Crippen molar-refractivity contribution in [2.45, 2.75) is 32.9 Å². The number of hydrogen-bond donors (Lipinski definition) is 1. The van der Waals surface area contributed by atoms with Gasteiger partial charge in [-0.1, -0.05) is 6.07 Å². The summed E-state index contributed by atoms with van der Waals surface area (Å²) in [5.74, 6) is 0.478. The molecule has 1 aromatic rings. The minimum absolute atomic E-state index is 0.435. The summed E-state index contributed by atoms with van der Waals surface area (Å²) in [6.45, 7) is 5.66. The van der Waals surface area contributed by atoms with Crippen molar-refractivity contribution in [1.29, 1.82) is 0 Å². The lowest BCUT2D eigenvalue weighted by atomic mass is 10.1. The molecule has 1 N–H and O–H groups in total. The third-order valence-corrected chi connectivity index (χ3v) is 3.91. The van der Waals surface area contributed by atoms with E-state index in [0.717, 1.165) is 25.9 Å². The lowest BCUT2D eigenvalue weighted by molar-refractivity contribution is -0.124. The van der Waals surface area contributed by atoms with E-state index < -0.39 is 12.7 Å². The summed E-state index contributed by atoms with van der Waals surface area (Å²) in [4.78, 5) is 2.34. The molecule has 5 heteroatoms. The van der Waals surface area contributed by atoms with Crippen LogP contribution in [0.4, 0.5) is 18.9 Å². The zero-order chi connectivity index (χ0) is 15.5. The second-order valence-corrected chi connectivity index (χ2v) is 6.03. The van der Waals surface area contributed by atoms with Gasteiger partial charge in [0.25, 0.3) is 0 Å². The van der Waals surface area contributed by atoms with Gasteiger partial charge in [-0.05, 0) is 62.4 Å². The molecule has 118 valence electrons. The van der Waals surface area contributed by atoms with E-state index in [0.29, 0.717) is 12.5 Å². The van der Waals surface area contributed by atoms with Crippen molar-refractivity contribution in [3.8, 4) is 0 Å². The second kappa shape index (κ2) is 6.69. The third kappa shape index (κ3) is 5.23. The molecule has 0 bridgehead atoms. The number of anilines is 1. The van der Waals surface area contributed by atoms with E-state index in [1.807, 2.05) is 0 Å². The molecular weight excluding hydrogens is 277 g/mol. The number of hydrogen-bond acceptors (Lipinski definition) is 2. The average molecular weight is 300 g/mol. The summed E-state index contributed by atoms with van der Waals surface area (Å²) in [6.07, 6.45) is -2.25. The molecule has 0 aromatic heterocycles. The Morgan fingerprint density at radius 3 is 2.48 bits per heavy atom. The van der Waals surface area contributed by atoms with Gasteiger partial charge in [0.15, 0.2) is 0 Å². The summed E-state index contributed by atoms with van der Waals surface area (Å²) in [5, 5.41) is 2.48. The summed E-state index contributed by atoms with van der Waals surface area (Å²) < 4.78 is 36.1. The summed E-state index contributed by atoms with van der Waals surface area (Å²) in [5.41, 5.74) is 3.74. The van der Waals surface area contributed by atoms with Crippen molar-refractivity contribution in [1.82, 2.24) is 5.32 Å². The fourth-order valence-corrected chi connectivity index (χ4v) is 2.97. The maximum Gasteiger partial charge on any atom is 0.401 e. The molecule has 1 aliphatic rings. The van der Waals surface area contributed by atoms with E-state index in [1.54, 1.807) is 0 Å². The van der Waals surface area contributed by atoms with Crippen LogP contribution < -0.4 is 10.2 Å². The van der Waals surface area contributed by atoms with Crippen LogP contribution in [0.25, 0.3) is 0 Å². The van der Waals surface area contributed by atoms with Gasteiger partial charge in [0.2, 0.25) is 0 Å². The van der Waals surface area contributed by atoms with Crippen LogP contribution in [0.1, 0.15) is 24.0 Å². The van der Waals surface area contributed by atoms with Crippen LogP contribution in [0.15, 0.2) is 18.2 Å². The molecule has 0 aliphatic carbocycles. The number of aryl methyl sites for hydroxylation is 2. The molecule has 1 atom stereocenters. The largest absolute Gasteiger partial charge is 0.401 e. The topological polar surface area (TPSA) is 15.3 Å². The maximum atomic E-state index is 12.0. The highest BCUT2D eigenvalue weighted by Gasteiger charge is 2.27. The number of benzene rings is 1. The van der Waals surface area contributed by atoms with Crippen LogP contribution in [-0.2, 0) is 0 Å². The van der Waals surface area contributed by atoms with Crippen molar-refractivity contribution in [2.75, 3.05) is 31.1 Å². The molecule has 0 amide bonds. The number of alkyl halides is 3. The zero-order valence-electron chi connectivity index (χ0n) is 12.6. The quantitative estimate of drug-likeness (QED) is 0.835. The predicted molar refractivity (Wildman–Crippen MR) is 79.8 cm³/mol. The van der Waals surface area contributed by atoms with Crippen LogP contribution in [0.3, 0.4) is 0 Å². The van der Waals surface area contributed by atoms with Gasteiger partial charge in [0.05, 0.1) is 6.54 Å². The van der Waals surface area contributed by atoms with Crippen molar-refractivity contribution in [3.63, 3.8) is 0 Å². The lowest BCUT2D eigenvalue weighted by Gasteiger charge is -2.20. The number of rotatable bonds is 5. The van der Waals surface area contributed by atoms with Gasteiger partial charge in [-0.3, -0.25) is 0 Å². The standard InChI is InChI=1S/C16H23F3N2/c1-12-7-13(2)9-15(8-12)21-6-4-14(10-21)3-5-20-11-16(17,18)19/h7-9,14,20H,3-6,10-11H2,1-2H3. The van der Waals surface area contributed by atoms with Gasteiger partial charge < -0.3 is 10.2 Å². The summed E-state index contributed by atoms with van der Waals surface area (Å²) >= 11 is 0. The molecule has 2 nitrogen and oxygen atoms in total. The van der Waals surface area contributed by atoms with Crippen molar-refractivity contribution < 1.29 is 13.2 Å². The molecule has 0 radical (unpaired) electrons. The van der Waals surface area contributed by atoms with Crippen molar-refractivity contribution >= 4 is 5.69 Å². The Balaban J connectivity index is 1.78. The van der Waals surface area contributed by atoms with Gasteiger partial charge in [-0.2, -0.15) is 13.2 Å². The average Bonchev–Trinajstić information content (AvgIpc) is 2.81. The first-order valence-corrected chi connectivity index (χ1v) is 7.44. The maximum absolute atomic E-state index is 12.0. The van der Waals surface area contributed by atoms with E-state index in [2.05, 4.69) is 42.3 Å². The number of nitrogens with one attached hydrogen (secondary N) is 1. The number of halogens is 3.